The molecule has 1 fully saturated rings. The number of hydrogen-bond acceptors (Lipinski definition) is 6. The van der Waals surface area contributed by atoms with Gasteiger partial charge in [-0.15, -0.1) is 16.9 Å². The van der Waals surface area contributed by atoms with Crippen molar-refractivity contribution in [2.24, 2.45) is 0 Å². The van der Waals surface area contributed by atoms with Gasteiger partial charge in [0.2, 0.25) is 0 Å². The maximum atomic E-state index is 12.4. The lowest BCUT2D eigenvalue weighted by atomic mass is 10.1. The topological polar surface area (TPSA) is 86.1 Å². The Bertz CT molecular complexity index is 990. The van der Waals surface area contributed by atoms with Gasteiger partial charge >= 0.3 is 5.97 Å². The number of carbonyl (C=O) groups is 2. The van der Waals surface area contributed by atoms with Crippen LogP contribution in [0.15, 0.2) is 65.7 Å². The summed E-state index contributed by atoms with van der Waals surface area (Å²) in [5, 5.41) is 11.1. The highest BCUT2D eigenvalue weighted by atomic mass is 32.2. The second-order valence-electron chi connectivity index (χ2n) is 6.29. The Morgan fingerprint density at radius 3 is 2.86 bits per heavy atom. The van der Waals surface area contributed by atoms with Crippen molar-refractivity contribution in [3.05, 3.63) is 66.4 Å². The molecule has 3 aromatic rings. The third-order valence-electron chi connectivity index (χ3n) is 4.31. The minimum Gasteiger partial charge on any atom is -0.464 e. The van der Waals surface area contributed by atoms with Crippen LogP contribution in [-0.2, 0) is 15.4 Å². The number of amides is 1. The fourth-order valence-corrected chi connectivity index (χ4v) is 3.60. The van der Waals surface area contributed by atoms with Crippen LogP contribution in [-0.4, -0.2) is 39.5 Å². The maximum Gasteiger partial charge on any atom is 0.328 e. The number of nitrogens with one attached hydrogen (secondary N) is 1. The molecular weight excluding hydrogens is 376 g/mol. The quantitative estimate of drug-likeness (QED) is 0.511. The van der Waals surface area contributed by atoms with Crippen molar-refractivity contribution in [3.63, 3.8) is 0 Å². The highest BCUT2D eigenvalue weighted by Crippen LogP contribution is 2.21. The van der Waals surface area contributed by atoms with Gasteiger partial charge in [0.25, 0.3) is 5.91 Å². The zero-order valence-electron chi connectivity index (χ0n) is 14.9. The molecule has 1 N–H and O–H groups in total. The van der Waals surface area contributed by atoms with Crippen LogP contribution in [0.5, 0.6) is 0 Å². The molecule has 2 aromatic carbocycles. The van der Waals surface area contributed by atoms with Gasteiger partial charge < -0.3 is 10.1 Å². The van der Waals surface area contributed by atoms with Gasteiger partial charge in [0.15, 0.2) is 0 Å². The molecule has 1 atom stereocenters. The molecule has 4 rings (SSSR count). The molecular formula is C20H18N4O3S. The van der Waals surface area contributed by atoms with Gasteiger partial charge in [-0.05, 0) is 24.3 Å². The highest BCUT2D eigenvalue weighted by Gasteiger charge is 2.28. The Morgan fingerprint density at radius 1 is 1.21 bits per heavy atom. The number of aromatic nitrogens is 3. The summed E-state index contributed by atoms with van der Waals surface area (Å²) in [6.45, 7) is 0.341. The Balaban J connectivity index is 1.43. The van der Waals surface area contributed by atoms with E-state index in [0.717, 1.165) is 10.5 Å². The Hall–Kier alpha value is -3.13. The monoisotopic (exact) mass is 394 g/mol. The number of carbonyl (C=O) groups excluding carboxylic acids is 2. The molecule has 2 heterocycles. The van der Waals surface area contributed by atoms with E-state index in [4.69, 9.17) is 4.74 Å². The minimum absolute atomic E-state index is 0.308. The molecule has 0 aliphatic carbocycles. The molecule has 1 aromatic heterocycles. The molecule has 1 amide bonds. The van der Waals surface area contributed by atoms with E-state index >= 15 is 0 Å². The fourth-order valence-electron chi connectivity index (χ4n) is 2.84. The number of rotatable bonds is 6. The molecule has 142 valence electrons. The SMILES string of the molecule is O=C(N[C@H]1CCOC1=O)c1cccc(-c2cn(CSc3ccccc3)nn2)c1. The van der Waals surface area contributed by atoms with E-state index in [1.165, 1.54) is 0 Å². The largest absolute Gasteiger partial charge is 0.464 e. The second kappa shape index (κ2) is 8.26. The number of benzene rings is 2. The van der Waals surface area contributed by atoms with Crippen LogP contribution in [0, 0.1) is 0 Å². The summed E-state index contributed by atoms with van der Waals surface area (Å²) < 4.78 is 6.63. The summed E-state index contributed by atoms with van der Waals surface area (Å²) in [5.41, 5.74) is 1.94. The molecule has 8 heteroatoms. The lowest BCUT2D eigenvalue weighted by Crippen LogP contribution is -2.37. The van der Waals surface area contributed by atoms with Crippen LogP contribution in [0.4, 0.5) is 0 Å². The number of cyclic esters (lactones) is 1. The molecule has 0 unspecified atom stereocenters. The molecule has 0 spiro atoms. The molecule has 0 radical (unpaired) electrons. The average molecular weight is 394 g/mol. The Labute approximate surface area is 166 Å². The standard InChI is InChI=1S/C20H18N4O3S/c25-19(21-17-9-10-27-20(17)26)15-6-4-5-14(11-15)18-12-24(23-22-18)13-28-16-7-2-1-3-8-16/h1-8,11-12,17H,9-10,13H2,(H,21,25)/t17-/m0/s1. The lowest BCUT2D eigenvalue weighted by molar-refractivity contribution is -0.139. The highest BCUT2D eigenvalue weighted by molar-refractivity contribution is 7.98. The number of hydrogen-bond donors (Lipinski definition) is 1. The van der Waals surface area contributed by atoms with Crippen LogP contribution in [0.2, 0.25) is 0 Å². The molecule has 0 saturated carbocycles. The van der Waals surface area contributed by atoms with Crippen LogP contribution in [0.1, 0.15) is 16.8 Å². The van der Waals surface area contributed by atoms with E-state index in [-0.39, 0.29) is 11.9 Å². The first-order valence-electron chi connectivity index (χ1n) is 8.85. The van der Waals surface area contributed by atoms with Crippen molar-refractivity contribution >= 4 is 23.6 Å². The summed E-state index contributed by atoms with van der Waals surface area (Å²) in [7, 11) is 0. The Kier molecular flexibility index (Phi) is 5.38. The maximum absolute atomic E-state index is 12.4. The summed E-state index contributed by atoms with van der Waals surface area (Å²) >= 11 is 1.66. The zero-order valence-corrected chi connectivity index (χ0v) is 15.8. The van der Waals surface area contributed by atoms with Gasteiger partial charge in [0.05, 0.1) is 18.7 Å². The van der Waals surface area contributed by atoms with E-state index in [1.807, 2.05) is 42.6 Å². The normalized spacial score (nSPS) is 16.0. The van der Waals surface area contributed by atoms with Crippen molar-refractivity contribution in [2.45, 2.75) is 23.2 Å². The van der Waals surface area contributed by atoms with Crippen molar-refractivity contribution < 1.29 is 14.3 Å². The van der Waals surface area contributed by atoms with Gasteiger partial charge in [-0.3, -0.25) is 4.79 Å². The summed E-state index contributed by atoms with van der Waals surface area (Å²) in [6.07, 6.45) is 2.35. The molecule has 1 aliphatic heterocycles. The number of ether oxygens (including phenoxy) is 1. The van der Waals surface area contributed by atoms with Gasteiger partial charge in [0, 0.05) is 22.4 Å². The first kappa shape index (κ1) is 18.2. The third kappa shape index (κ3) is 4.23. The predicted octanol–water partition coefficient (Wildman–Crippen LogP) is 2.74. The van der Waals surface area contributed by atoms with Crippen molar-refractivity contribution in [3.8, 4) is 11.3 Å². The molecule has 7 nitrogen and oxygen atoms in total. The van der Waals surface area contributed by atoms with Crippen LogP contribution >= 0.6 is 11.8 Å². The first-order valence-corrected chi connectivity index (χ1v) is 9.83. The van der Waals surface area contributed by atoms with Gasteiger partial charge in [0.1, 0.15) is 11.7 Å². The summed E-state index contributed by atoms with van der Waals surface area (Å²) in [5.74, 6) is -0.0536. The summed E-state index contributed by atoms with van der Waals surface area (Å²) in [4.78, 5) is 25.1. The van der Waals surface area contributed by atoms with E-state index in [9.17, 15) is 9.59 Å². The van der Waals surface area contributed by atoms with E-state index < -0.39 is 6.04 Å². The smallest absolute Gasteiger partial charge is 0.328 e. The first-order chi connectivity index (χ1) is 13.7. The van der Waals surface area contributed by atoms with Gasteiger partial charge in [-0.1, -0.05) is 35.5 Å². The molecule has 1 aliphatic rings. The van der Waals surface area contributed by atoms with Gasteiger partial charge in [-0.2, -0.15) is 0 Å². The zero-order chi connectivity index (χ0) is 19.3. The summed E-state index contributed by atoms with van der Waals surface area (Å²) in [6, 6.07) is 16.6. The van der Waals surface area contributed by atoms with Crippen molar-refractivity contribution in [1.82, 2.24) is 20.3 Å². The second-order valence-corrected chi connectivity index (χ2v) is 7.31. The van der Waals surface area contributed by atoms with E-state index in [1.54, 1.807) is 34.6 Å². The minimum atomic E-state index is -0.577. The van der Waals surface area contributed by atoms with Crippen LogP contribution in [0.25, 0.3) is 11.3 Å². The Morgan fingerprint density at radius 2 is 2.07 bits per heavy atom. The van der Waals surface area contributed by atoms with Crippen molar-refractivity contribution in [1.29, 1.82) is 0 Å². The van der Waals surface area contributed by atoms with E-state index in [2.05, 4.69) is 15.6 Å². The molecule has 0 bridgehead atoms. The number of thioether (sulfide) groups is 1. The molecule has 1 saturated heterocycles. The number of esters is 1. The predicted molar refractivity (Wildman–Crippen MR) is 105 cm³/mol. The van der Waals surface area contributed by atoms with Gasteiger partial charge in [-0.25, -0.2) is 9.48 Å². The number of nitrogens with zero attached hydrogens (tertiary/aromatic N) is 3. The lowest BCUT2D eigenvalue weighted by Gasteiger charge is -2.09. The average Bonchev–Trinajstić information content (AvgIpc) is 3.37. The third-order valence-corrected chi connectivity index (χ3v) is 5.31. The van der Waals surface area contributed by atoms with Crippen LogP contribution < -0.4 is 5.32 Å². The fraction of sp³-hybridized carbons (Fsp3) is 0.200. The molecule has 28 heavy (non-hydrogen) atoms. The van der Waals surface area contributed by atoms with Crippen LogP contribution in [0.3, 0.4) is 0 Å². The van der Waals surface area contributed by atoms with Crippen molar-refractivity contribution in [2.75, 3.05) is 6.61 Å². The van der Waals surface area contributed by atoms with E-state index in [0.29, 0.717) is 30.2 Å².